The van der Waals surface area contributed by atoms with Crippen LogP contribution in [0.4, 0.5) is 0 Å². The Morgan fingerprint density at radius 3 is 2.54 bits per heavy atom. The van der Waals surface area contributed by atoms with Crippen LogP contribution in [0.3, 0.4) is 0 Å². The van der Waals surface area contributed by atoms with Crippen molar-refractivity contribution in [2.45, 2.75) is 32.3 Å². The van der Waals surface area contributed by atoms with Crippen molar-refractivity contribution in [3.8, 4) is 0 Å². The average Bonchev–Trinajstić information content (AvgIpc) is 2.11. The summed E-state index contributed by atoms with van der Waals surface area (Å²) in [4.78, 5) is 0. The SMILES string of the molecule is CC/C=C\C/C=C\C[C@H](O)/C=C/I. The summed E-state index contributed by atoms with van der Waals surface area (Å²) >= 11 is 2.11. The summed E-state index contributed by atoms with van der Waals surface area (Å²) in [5, 5.41) is 9.29. The molecule has 0 aromatic heterocycles. The summed E-state index contributed by atoms with van der Waals surface area (Å²) in [6, 6.07) is 0. The molecular formula is C11H17IO. The molecule has 1 atom stereocenters. The minimum absolute atomic E-state index is 0.330. The summed E-state index contributed by atoms with van der Waals surface area (Å²) in [6.07, 6.45) is 12.6. The lowest BCUT2D eigenvalue weighted by Gasteiger charge is -1.97. The summed E-state index contributed by atoms with van der Waals surface area (Å²) < 4.78 is 1.84. The van der Waals surface area contributed by atoms with Gasteiger partial charge >= 0.3 is 0 Å². The van der Waals surface area contributed by atoms with Gasteiger partial charge in [0.25, 0.3) is 0 Å². The molecule has 0 aromatic carbocycles. The van der Waals surface area contributed by atoms with Gasteiger partial charge in [-0.15, -0.1) is 0 Å². The fourth-order valence-electron chi connectivity index (χ4n) is 0.836. The molecule has 0 rings (SSSR count). The minimum atomic E-state index is -0.330. The van der Waals surface area contributed by atoms with Crippen LogP contribution >= 0.6 is 22.6 Å². The maximum absolute atomic E-state index is 9.29. The second-order valence-electron chi connectivity index (χ2n) is 2.71. The fourth-order valence-corrected chi connectivity index (χ4v) is 1.32. The molecule has 0 aliphatic heterocycles. The number of hydrogen-bond donors (Lipinski definition) is 1. The Kier molecular flexibility index (Phi) is 9.92. The van der Waals surface area contributed by atoms with Gasteiger partial charge in [-0.3, -0.25) is 0 Å². The van der Waals surface area contributed by atoms with E-state index >= 15 is 0 Å². The van der Waals surface area contributed by atoms with E-state index in [2.05, 4.69) is 47.7 Å². The predicted octanol–water partition coefficient (Wildman–Crippen LogP) is 3.60. The van der Waals surface area contributed by atoms with Crippen LogP contribution < -0.4 is 0 Å². The molecule has 0 saturated carbocycles. The van der Waals surface area contributed by atoms with Crippen LogP contribution in [0, 0.1) is 0 Å². The fraction of sp³-hybridized carbons (Fsp3) is 0.455. The van der Waals surface area contributed by atoms with Crippen molar-refractivity contribution < 1.29 is 5.11 Å². The zero-order valence-corrected chi connectivity index (χ0v) is 10.1. The second kappa shape index (κ2) is 9.99. The molecule has 0 radical (unpaired) electrons. The van der Waals surface area contributed by atoms with Crippen molar-refractivity contribution in [1.29, 1.82) is 0 Å². The Hall–Kier alpha value is -0.0900. The lowest BCUT2D eigenvalue weighted by molar-refractivity contribution is 0.227. The van der Waals surface area contributed by atoms with Gasteiger partial charge < -0.3 is 5.11 Å². The van der Waals surface area contributed by atoms with E-state index in [0.717, 1.165) is 12.8 Å². The van der Waals surface area contributed by atoms with Gasteiger partial charge in [-0.1, -0.05) is 53.8 Å². The third-order valence-corrected chi connectivity index (χ3v) is 1.93. The van der Waals surface area contributed by atoms with Gasteiger partial charge in [0.05, 0.1) is 6.10 Å². The molecule has 0 aliphatic rings. The zero-order chi connectivity index (χ0) is 9.94. The first kappa shape index (κ1) is 12.9. The third-order valence-electron chi connectivity index (χ3n) is 1.51. The Labute approximate surface area is 94.4 Å². The Morgan fingerprint density at radius 2 is 1.92 bits per heavy atom. The quantitative estimate of drug-likeness (QED) is 0.586. The molecular weight excluding hydrogens is 275 g/mol. The Bertz CT molecular complexity index is 183. The molecule has 0 bridgehead atoms. The van der Waals surface area contributed by atoms with Crippen LogP contribution in [0.1, 0.15) is 26.2 Å². The van der Waals surface area contributed by atoms with Crippen molar-refractivity contribution in [3.63, 3.8) is 0 Å². The first-order chi connectivity index (χ1) is 6.31. The number of halogens is 1. The summed E-state index contributed by atoms with van der Waals surface area (Å²) in [6.45, 7) is 2.12. The van der Waals surface area contributed by atoms with E-state index in [1.807, 2.05) is 10.2 Å². The molecule has 2 heteroatoms. The summed E-state index contributed by atoms with van der Waals surface area (Å²) in [7, 11) is 0. The van der Waals surface area contributed by atoms with Gasteiger partial charge in [-0.2, -0.15) is 0 Å². The van der Waals surface area contributed by atoms with E-state index in [9.17, 15) is 5.11 Å². The summed E-state index contributed by atoms with van der Waals surface area (Å²) in [5.74, 6) is 0. The first-order valence-corrected chi connectivity index (χ1v) is 5.80. The molecule has 0 unspecified atom stereocenters. The van der Waals surface area contributed by atoms with Crippen molar-refractivity contribution in [1.82, 2.24) is 0 Å². The van der Waals surface area contributed by atoms with Crippen molar-refractivity contribution >= 4 is 22.6 Å². The minimum Gasteiger partial charge on any atom is -0.389 e. The number of allylic oxidation sites excluding steroid dienone is 3. The molecule has 1 nitrogen and oxygen atoms in total. The third kappa shape index (κ3) is 9.83. The molecule has 0 heterocycles. The number of rotatable bonds is 6. The van der Waals surface area contributed by atoms with Crippen LogP contribution in [-0.2, 0) is 0 Å². The van der Waals surface area contributed by atoms with Crippen LogP contribution in [0.5, 0.6) is 0 Å². The molecule has 74 valence electrons. The molecule has 1 N–H and O–H groups in total. The topological polar surface area (TPSA) is 20.2 Å². The number of hydrogen-bond acceptors (Lipinski definition) is 1. The van der Waals surface area contributed by atoms with Gasteiger partial charge in [0, 0.05) is 0 Å². The standard InChI is InChI=1S/C11H17IO/c1-2-3-4-5-6-7-8-11(13)9-10-12/h3-4,6-7,9-11,13H,2,5,8H2,1H3/b4-3-,7-6-,10-9+/t11-/m0/s1. The normalized spacial score (nSPS) is 15.0. The van der Waals surface area contributed by atoms with Crippen molar-refractivity contribution in [2.75, 3.05) is 0 Å². The molecule has 0 saturated heterocycles. The van der Waals surface area contributed by atoms with E-state index in [-0.39, 0.29) is 6.10 Å². The van der Waals surface area contributed by atoms with Gasteiger partial charge in [-0.05, 0) is 29.4 Å². The van der Waals surface area contributed by atoms with Crippen LogP contribution in [0.15, 0.2) is 34.5 Å². The maximum atomic E-state index is 9.29. The van der Waals surface area contributed by atoms with Crippen molar-refractivity contribution in [2.24, 2.45) is 0 Å². The second-order valence-corrected chi connectivity index (χ2v) is 3.43. The van der Waals surface area contributed by atoms with Gasteiger partial charge in [-0.25, -0.2) is 0 Å². The summed E-state index contributed by atoms with van der Waals surface area (Å²) in [5.41, 5.74) is 0. The van der Waals surface area contributed by atoms with E-state index in [1.165, 1.54) is 0 Å². The smallest absolute Gasteiger partial charge is 0.0762 e. The largest absolute Gasteiger partial charge is 0.389 e. The molecule has 13 heavy (non-hydrogen) atoms. The predicted molar refractivity (Wildman–Crippen MR) is 67.0 cm³/mol. The maximum Gasteiger partial charge on any atom is 0.0762 e. The highest BCUT2D eigenvalue weighted by Crippen LogP contribution is 1.99. The first-order valence-electron chi connectivity index (χ1n) is 4.56. The van der Waals surface area contributed by atoms with Crippen LogP contribution in [-0.4, -0.2) is 11.2 Å². The zero-order valence-electron chi connectivity index (χ0n) is 7.99. The molecule has 0 amide bonds. The number of aliphatic hydroxyl groups is 1. The highest BCUT2D eigenvalue weighted by molar-refractivity contribution is 14.1. The van der Waals surface area contributed by atoms with E-state index in [0.29, 0.717) is 6.42 Å². The lowest BCUT2D eigenvalue weighted by atomic mass is 10.2. The van der Waals surface area contributed by atoms with Crippen LogP contribution in [0.25, 0.3) is 0 Å². The highest BCUT2D eigenvalue weighted by atomic mass is 127. The molecule has 0 aliphatic carbocycles. The van der Waals surface area contributed by atoms with Gasteiger partial charge in [0.1, 0.15) is 0 Å². The molecule has 0 fully saturated rings. The Morgan fingerprint density at radius 1 is 1.23 bits per heavy atom. The van der Waals surface area contributed by atoms with Gasteiger partial charge in [0.15, 0.2) is 0 Å². The van der Waals surface area contributed by atoms with Gasteiger partial charge in [0.2, 0.25) is 0 Å². The number of aliphatic hydroxyl groups excluding tert-OH is 1. The van der Waals surface area contributed by atoms with Crippen molar-refractivity contribution in [3.05, 3.63) is 34.5 Å². The Balaban J connectivity index is 3.45. The average molecular weight is 292 g/mol. The highest BCUT2D eigenvalue weighted by Gasteiger charge is 1.92. The van der Waals surface area contributed by atoms with E-state index in [4.69, 9.17) is 0 Å². The van der Waals surface area contributed by atoms with E-state index < -0.39 is 0 Å². The van der Waals surface area contributed by atoms with E-state index in [1.54, 1.807) is 6.08 Å². The lowest BCUT2D eigenvalue weighted by Crippen LogP contribution is -1.98. The van der Waals surface area contributed by atoms with Crippen LogP contribution in [0.2, 0.25) is 0 Å². The monoisotopic (exact) mass is 292 g/mol. The molecule has 0 aromatic rings. The molecule has 0 spiro atoms.